The predicted molar refractivity (Wildman–Crippen MR) is 104 cm³/mol. The number of fused-ring (bicyclic) bond motifs is 1. The van der Waals surface area contributed by atoms with Crippen molar-refractivity contribution in [2.24, 2.45) is 0 Å². The standard InChI is InChI=1S/C18H16INO4S/c1-11-4-6-13(7-5-11)25(22,23)20-10-16(19)15-9-14(18(21)24-3)12(2)8-17(15)20/h4-10H,1-3H3. The topological polar surface area (TPSA) is 65.4 Å². The molecule has 0 saturated carbocycles. The molecule has 0 atom stereocenters. The van der Waals surface area contributed by atoms with E-state index in [4.69, 9.17) is 4.74 Å². The molecule has 7 heteroatoms. The van der Waals surface area contributed by atoms with Crippen molar-refractivity contribution in [3.8, 4) is 0 Å². The molecule has 0 radical (unpaired) electrons. The smallest absolute Gasteiger partial charge is 0.338 e. The largest absolute Gasteiger partial charge is 0.465 e. The van der Waals surface area contributed by atoms with Crippen LogP contribution in [0.15, 0.2) is 47.5 Å². The molecule has 25 heavy (non-hydrogen) atoms. The number of esters is 1. The lowest BCUT2D eigenvalue weighted by atomic mass is 10.1. The van der Waals surface area contributed by atoms with Gasteiger partial charge in [0.15, 0.2) is 0 Å². The van der Waals surface area contributed by atoms with Gasteiger partial charge in [-0.05, 0) is 66.3 Å². The van der Waals surface area contributed by atoms with Crippen LogP contribution in [0.2, 0.25) is 0 Å². The quantitative estimate of drug-likeness (QED) is 0.432. The van der Waals surface area contributed by atoms with Crippen LogP contribution in [0.3, 0.4) is 0 Å². The van der Waals surface area contributed by atoms with Crippen molar-refractivity contribution in [3.63, 3.8) is 0 Å². The van der Waals surface area contributed by atoms with E-state index >= 15 is 0 Å². The van der Waals surface area contributed by atoms with E-state index in [0.29, 0.717) is 22.0 Å². The highest BCUT2D eigenvalue weighted by Gasteiger charge is 2.22. The Morgan fingerprint density at radius 1 is 1.12 bits per heavy atom. The molecule has 0 spiro atoms. The molecule has 1 aromatic heterocycles. The van der Waals surface area contributed by atoms with E-state index in [0.717, 1.165) is 9.13 Å². The highest BCUT2D eigenvalue weighted by atomic mass is 127. The van der Waals surface area contributed by atoms with Crippen LogP contribution < -0.4 is 0 Å². The molecular formula is C18H16INO4S. The maximum Gasteiger partial charge on any atom is 0.338 e. The summed E-state index contributed by atoms with van der Waals surface area (Å²) in [6, 6.07) is 10.1. The third-order valence-corrected chi connectivity index (χ3v) is 6.60. The maximum absolute atomic E-state index is 13.0. The van der Waals surface area contributed by atoms with Crippen LogP contribution in [0, 0.1) is 17.4 Å². The van der Waals surface area contributed by atoms with Gasteiger partial charge in [0.05, 0.1) is 23.1 Å². The zero-order valence-electron chi connectivity index (χ0n) is 13.9. The molecule has 3 rings (SSSR count). The van der Waals surface area contributed by atoms with Gasteiger partial charge in [0.2, 0.25) is 0 Å². The van der Waals surface area contributed by atoms with Gasteiger partial charge in [-0.15, -0.1) is 0 Å². The average molecular weight is 469 g/mol. The van der Waals surface area contributed by atoms with Gasteiger partial charge in [0.1, 0.15) is 0 Å². The summed E-state index contributed by atoms with van der Waals surface area (Å²) in [5.74, 6) is -0.440. The highest BCUT2D eigenvalue weighted by molar-refractivity contribution is 14.1. The molecule has 0 aliphatic rings. The third-order valence-electron chi connectivity index (χ3n) is 4.05. The van der Waals surface area contributed by atoms with Gasteiger partial charge in [0.25, 0.3) is 10.0 Å². The minimum absolute atomic E-state index is 0.223. The number of rotatable bonds is 3. The number of aryl methyl sites for hydroxylation is 2. The maximum atomic E-state index is 13.0. The predicted octanol–water partition coefficient (Wildman–Crippen LogP) is 3.89. The molecule has 130 valence electrons. The van der Waals surface area contributed by atoms with E-state index in [1.54, 1.807) is 49.5 Å². The fourth-order valence-electron chi connectivity index (χ4n) is 2.66. The summed E-state index contributed by atoms with van der Waals surface area (Å²) in [7, 11) is -2.40. The lowest BCUT2D eigenvalue weighted by Crippen LogP contribution is -2.12. The summed E-state index contributed by atoms with van der Waals surface area (Å²) < 4.78 is 32.9. The van der Waals surface area contributed by atoms with Gasteiger partial charge in [-0.1, -0.05) is 17.7 Å². The van der Waals surface area contributed by atoms with Crippen LogP contribution in [0.5, 0.6) is 0 Å². The van der Waals surface area contributed by atoms with Gasteiger partial charge >= 0.3 is 5.97 Å². The molecular weight excluding hydrogens is 453 g/mol. The number of methoxy groups -OCH3 is 1. The van der Waals surface area contributed by atoms with E-state index in [1.807, 2.05) is 6.92 Å². The zero-order chi connectivity index (χ0) is 18.4. The van der Waals surface area contributed by atoms with Crippen LogP contribution in [0.25, 0.3) is 10.9 Å². The number of halogens is 1. The first-order chi connectivity index (χ1) is 11.8. The van der Waals surface area contributed by atoms with Gasteiger partial charge in [-0.2, -0.15) is 0 Å². The summed E-state index contributed by atoms with van der Waals surface area (Å²) in [4.78, 5) is 12.1. The fourth-order valence-corrected chi connectivity index (χ4v) is 4.92. The first-order valence-electron chi connectivity index (χ1n) is 7.47. The second-order valence-electron chi connectivity index (χ2n) is 5.77. The summed E-state index contributed by atoms with van der Waals surface area (Å²) in [6.45, 7) is 3.66. The molecule has 0 unspecified atom stereocenters. The number of carbonyl (C=O) groups excluding carboxylic acids is 1. The van der Waals surface area contributed by atoms with Crippen LogP contribution in [0.1, 0.15) is 21.5 Å². The molecule has 0 bridgehead atoms. The van der Waals surface area contributed by atoms with Crippen molar-refractivity contribution in [1.82, 2.24) is 3.97 Å². The van der Waals surface area contributed by atoms with Crippen molar-refractivity contribution >= 4 is 49.5 Å². The van der Waals surface area contributed by atoms with Crippen molar-refractivity contribution in [2.75, 3.05) is 7.11 Å². The molecule has 0 fully saturated rings. The SMILES string of the molecule is COC(=O)c1cc2c(I)cn(S(=O)(=O)c3ccc(C)cc3)c2cc1C. The molecule has 1 heterocycles. The number of carbonyl (C=O) groups is 1. The van der Waals surface area contributed by atoms with Gasteiger partial charge in [-0.25, -0.2) is 17.2 Å². The summed E-state index contributed by atoms with van der Waals surface area (Å²) >= 11 is 2.07. The number of hydrogen-bond donors (Lipinski definition) is 0. The van der Waals surface area contributed by atoms with E-state index in [9.17, 15) is 13.2 Å². The molecule has 0 N–H and O–H groups in total. The molecule has 0 aliphatic heterocycles. The van der Waals surface area contributed by atoms with Crippen molar-refractivity contribution < 1.29 is 17.9 Å². The van der Waals surface area contributed by atoms with E-state index in [2.05, 4.69) is 22.6 Å². The normalized spacial score (nSPS) is 11.7. The van der Waals surface area contributed by atoms with Crippen LogP contribution >= 0.6 is 22.6 Å². The van der Waals surface area contributed by atoms with Crippen LogP contribution in [-0.2, 0) is 14.8 Å². The lowest BCUT2D eigenvalue weighted by Gasteiger charge is -2.09. The Bertz CT molecular complexity index is 1080. The van der Waals surface area contributed by atoms with Gasteiger partial charge in [-0.3, -0.25) is 0 Å². The van der Waals surface area contributed by atoms with Gasteiger partial charge < -0.3 is 4.74 Å². The fraction of sp³-hybridized carbons (Fsp3) is 0.167. The number of benzene rings is 2. The van der Waals surface area contributed by atoms with Crippen molar-refractivity contribution in [2.45, 2.75) is 18.7 Å². The third kappa shape index (κ3) is 3.06. The second-order valence-corrected chi connectivity index (χ2v) is 8.74. The van der Waals surface area contributed by atoms with E-state index in [1.165, 1.54) is 11.1 Å². The number of ether oxygens (including phenoxy) is 1. The van der Waals surface area contributed by atoms with E-state index < -0.39 is 16.0 Å². The Balaban J connectivity index is 2.26. The number of hydrogen-bond acceptors (Lipinski definition) is 4. The molecule has 2 aromatic carbocycles. The zero-order valence-corrected chi connectivity index (χ0v) is 16.9. The Morgan fingerprint density at radius 3 is 2.36 bits per heavy atom. The summed E-state index contributed by atoms with van der Waals surface area (Å²) in [5, 5.41) is 0.697. The lowest BCUT2D eigenvalue weighted by molar-refractivity contribution is 0.0600. The molecule has 3 aromatic rings. The summed E-state index contributed by atoms with van der Waals surface area (Å²) in [6.07, 6.45) is 1.57. The van der Waals surface area contributed by atoms with Crippen molar-refractivity contribution in [1.29, 1.82) is 0 Å². The minimum atomic E-state index is -3.72. The first kappa shape index (κ1) is 17.9. The molecule has 5 nitrogen and oxygen atoms in total. The van der Waals surface area contributed by atoms with Crippen LogP contribution in [0.4, 0.5) is 0 Å². The van der Waals surface area contributed by atoms with Crippen molar-refractivity contribution in [3.05, 3.63) is 62.9 Å². The van der Waals surface area contributed by atoms with Crippen LogP contribution in [-0.4, -0.2) is 25.5 Å². The second kappa shape index (κ2) is 6.45. The Labute approximate surface area is 159 Å². The number of nitrogens with zero attached hydrogens (tertiary/aromatic N) is 1. The highest BCUT2D eigenvalue weighted by Crippen LogP contribution is 2.30. The minimum Gasteiger partial charge on any atom is -0.465 e. The monoisotopic (exact) mass is 469 g/mol. The molecule has 0 amide bonds. The first-order valence-corrected chi connectivity index (χ1v) is 9.99. The average Bonchev–Trinajstić information content (AvgIpc) is 2.90. The number of aromatic nitrogens is 1. The molecule has 0 saturated heterocycles. The Hall–Kier alpha value is -1.87. The summed E-state index contributed by atoms with van der Waals surface area (Å²) in [5.41, 5.74) is 2.62. The molecule has 0 aliphatic carbocycles. The Morgan fingerprint density at radius 2 is 1.76 bits per heavy atom. The van der Waals surface area contributed by atoms with E-state index in [-0.39, 0.29) is 4.90 Å². The van der Waals surface area contributed by atoms with Gasteiger partial charge in [0, 0.05) is 15.2 Å². The Kier molecular flexibility index (Phi) is 4.63.